The smallest absolute Gasteiger partial charge is 0.162 e. The van der Waals surface area contributed by atoms with Crippen LogP contribution in [0.1, 0.15) is 11.1 Å². The molecule has 4 heteroatoms. The van der Waals surface area contributed by atoms with Crippen LogP contribution in [0, 0.1) is 6.92 Å². The minimum Gasteiger partial charge on any atom is -0.493 e. The number of aryl methyl sites for hydroxylation is 1. The van der Waals surface area contributed by atoms with Gasteiger partial charge in [0.05, 0.1) is 19.7 Å². The number of benzene rings is 1. The first-order chi connectivity index (χ1) is 8.74. The van der Waals surface area contributed by atoms with Crippen LogP contribution in [0.2, 0.25) is 0 Å². The predicted molar refractivity (Wildman–Crippen MR) is 74.0 cm³/mol. The van der Waals surface area contributed by atoms with Gasteiger partial charge in [0, 0.05) is 17.2 Å². The Kier molecular flexibility index (Phi) is 2.82. The monoisotopic (exact) mass is 261 g/mol. The Hall–Kier alpha value is -1.42. The molecule has 3 nitrogen and oxygen atoms in total. The summed E-state index contributed by atoms with van der Waals surface area (Å²) in [6, 6.07) is 3.99. The van der Waals surface area contributed by atoms with Crippen LogP contribution in [-0.2, 0) is 6.42 Å². The lowest BCUT2D eigenvalue weighted by molar-refractivity contribution is 0.355. The Bertz CT molecular complexity index is 625. The number of aromatic nitrogens is 1. The van der Waals surface area contributed by atoms with Gasteiger partial charge in [0.15, 0.2) is 11.5 Å². The fraction of sp³-hybridized carbons (Fsp3) is 0.357. The summed E-state index contributed by atoms with van der Waals surface area (Å²) in [7, 11) is 3.31. The van der Waals surface area contributed by atoms with Gasteiger partial charge in [-0.05, 0) is 30.5 Å². The predicted octanol–water partition coefficient (Wildman–Crippen LogP) is 3.21. The van der Waals surface area contributed by atoms with Crippen LogP contribution < -0.4 is 9.47 Å². The van der Waals surface area contributed by atoms with Crippen molar-refractivity contribution in [3.05, 3.63) is 23.3 Å². The molecule has 0 saturated carbocycles. The number of nitrogens with zero attached hydrogens (tertiary/aromatic N) is 1. The summed E-state index contributed by atoms with van der Waals surface area (Å²) >= 11 is 1.84. The molecular formula is C14H15NO2S. The summed E-state index contributed by atoms with van der Waals surface area (Å²) in [5.41, 5.74) is 3.69. The second kappa shape index (κ2) is 4.35. The minimum absolute atomic E-state index is 0.736. The molecule has 0 unspecified atom stereocenters. The minimum atomic E-state index is 0.736. The quantitative estimate of drug-likeness (QED) is 0.830. The molecule has 0 amide bonds. The fourth-order valence-corrected chi connectivity index (χ4v) is 3.52. The Morgan fingerprint density at radius 3 is 2.61 bits per heavy atom. The largest absolute Gasteiger partial charge is 0.493 e. The summed E-state index contributed by atoms with van der Waals surface area (Å²) in [5.74, 6) is 2.63. The summed E-state index contributed by atoms with van der Waals surface area (Å²) in [5, 5.41) is 2.33. The van der Waals surface area contributed by atoms with Gasteiger partial charge in [-0.1, -0.05) is 0 Å². The number of fused-ring (bicyclic) bond motifs is 2. The molecule has 1 aromatic carbocycles. The maximum Gasteiger partial charge on any atom is 0.162 e. The Balaban J connectivity index is 2.33. The summed E-state index contributed by atoms with van der Waals surface area (Å²) in [6.07, 6.45) is 1.11. The number of pyridine rings is 1. The van der Waals surface area contributed by atoms with Crippen LogP contribution in [0.3, 0.4) is 0 Å². The first-order valence-electron chi connectivity index (χ1n) is 5.92. The summed E-state index contributed by atoms with van der Waals surface area (Å²) in [4.78, 5) is 4.73. The van der Waals surface area contributed by atoms with E-state index in [1.807, 2.05) is 23.9 Å². The molecule has 0 radical (unpaired) electrons. The van der Waals surface area contributed by atoms with Crippen molar-refractivity contribution in [1.82, 2.24) is 4.98 Å². The van der Waals surface area contributed by atoms with Crippen LogP contribution >= 0.6 is 11.8 Å². The molecule has 0 bridgehead atoms. The van der Waals surface area contributed by atoms with Crippen molar-refractivity contribution < 1.29 is 9.47 Å². The number of hydrogen-bond donors (Lipinski definition) is 0. The van der Waals surface area contributed by atoms with E-state index in [-0.39, 0.29) is 0 Å². The number of methoxy groups -OCH3 is 2. The van der Waals surface area contributed by atoms with Gasteiger partial charge in [-0.15, -0.1) is 11.8 Å². The highest BCUT2D eigenvalue weighted by atomic mass is 32.2. The first kappa shape index (κ1) is 11.7. The number of rotatable bonds is 2. The molecule has 0 spiro atoms. The SMILES string of the molecule is COc1cc2nc3c(c(C)c2cc1OC)CCS3. The van der Waals surface area contributed by atoms with Crippen molar-refractivity contribution in [1.29, 1.82) is 0 Å². The maximum atomic E-state index is 5.36. The van der Waals surface area contributed by atoms with Gasteiger partial charge >= 0.3 is 0 Å². The molecule has 1 aliphatic heterocycles. The lowest BCUT2D eigenvalue weighted by Crippen LogP contribution is -1.96. The third kappa shape index (κ3) is 1.63. The van der Waals surface area contributed by atoms with E-state index in [0.717, 1.165) is 34.6 Å². The van der Waals surface area contributed by atoms with Crippen LogP contribution in [-0.4, -0.2) is 25.0 Å². The zero-order valence-corrected chi connectivity index (χ0v) is 11.6. The van der Waals surface area contributed by atoms with Gasteiger partial charge in [-0.2, -0.15) is 0 Å². The van der Waals surface area contributed by atoms with Crippen LogP contribution in [0.4, 0.5) is 0 Å². The summed E-state index contributed by atoms with van der Waals surface area (Å²) < 4.78 is 10.7. The molecule has 1 aromatic heterocycles. The lowest BCUT2D eigenvalue weighted by Gasteiger charge is -2.12. The van der Waals surface area contributed by atoms with Crippen LogP contribution in [0.5, 0.6) is 11.5 Å². The molecule has 0 fully saturated rings. The van der Waals surface area contributed by atoms with E-state index < -0.39 is 0 Å². The van der Waals surface area contributed by atoms with Gasteiger partial charge in [-0.3, -0.25) is 0 Å². The second-order valence-corrected chi connectivity index (χ2v) is 5.43. The van der Waals surface area contributed by atoms with Crippen LogP contribution in [0.25, 0.3) is 10.9 Å². The third-order valence-corrected chi connectivity index (χ3v) is 4.45. The van der Waals surface area contributed by atoms with E-state index in [4.69, 9.17) is 14.5 Å². The standard InChI is InChI=1S/C14H15NO2S/c1-8-9-4-5-18-14(9)15-11-7-13(17-3)12(16-2)6-10(8)11/h6-7H,4-5H2,1-3H3. The van der Waals surface area contributed by atoms with E-state index in [1.165, 1.54) is 16.2 Å². The zero-order valence-electron chi connectivity index (χ0n) is 10.7. The average Bonchev–Trinajstić information content (AvgIpc) is 2.86. The van der Waals surface area contributed by atoms with Gasteiger partial charge in [0.1, 0.15) is 5.03 Å². The fourth-order valence-electron chi connectivity index (χ4n) is 2.42. The van der Waals surface area contributed by atoms with Crippen molar-refractivity contribution in [2.45, 2.75) is 18.4 Å². The van der Waals surface area contributed by atoms with E-state index in [0.29, 0.717) is 0 Å². The number of thioether (sulfide) groups is 1. The normalized spacial score (nSPS) is 13.7. The molecule has 3 rings (SSSR count). The number of hydrogen-bond acceptors (Lipinski definition) is 4. The van der Waals surface area contributed by atoms with Crippen molar-refractivity contribution in [2.24, 2.45) is 0 Å². The highest BCUT2D eigenvalue weighted by Crippen LogP contribution is 2.39. The van der Waals surface area contributed by atoms with Gasteiger partial charge < -0.3 is 9.47 Å². The molecule has 2 aromatic rings. The molecule has 0 saturated heterocycles. The Morgan fingerprint density at radius 2 is 1.89 bits per heavy atom. The molecule has 2 heterocycles. The molecule has 0 N–H and O–H groups in total. The van der Waals surface area contributed by atoms with Crippen molar-refractivity contribution in [3.63, 3.8) is 0 Å². The van der Waals surface area contributed by atoms with E-state index >= 15 is 0 Å². The average molecular weight is 261 g/mol. The topological polar surface area (TPSA) is 31.4 Å². The molecule has 1 aliphatic rings. The van der Waals surface area contributed by atoms with Gasteiger partial charge in [-0.25, -0.2) is 4.98 Å². The highest BCUT2D eigenvalue weighted by molar-refractivity contribution is 7.99. The van der Waals surface area contributed by atoms with E-state index in [2.05, 4.69) is 6.92 Å². The van der Waals surface area contributed by atoms with E-state index in [1.54, 1.807) is 14.2 Å². The molecule has 94 valence electrons. The van der Waals surface area contributed by atoms with Gasteiger partial charge in [0.25, 0.3) is 0 Å². The maximum absolute atomic E-state index is 5.36. The number of ether oxygens (including phenoxy) is 2. The van der Waals surface area contributed by atoms with Crippen LogP contribution in [0.15, 0.2) is 17.2 Å². The van der Waals surface area contributed by atoms with Gasteiger partial charge in [0.2, 0.25) is 0 Å². The first-order valence-corrected chi connectivity index (χ1v) is 6.91. The Morgan fingerprint density at radius 1 is 1.17 bits per heavy atom. The Labute approximate surface area is 111 Å². The van der Waals surface area contributed by atoms with E-state index in [9.17, 15) is 0 Å². The summed E-state index contributed by atoms with van der Waals surface area (Å²) in [6.45, 7) is 2.17. The van der Waals surface area contributed by atoms with Crippen molar-refractivity contribution in [2.75, 3.05) is 20.0 Å². The third-order valence-electron chi connectivity index (χ3n) is 3.43. The molecular weight excluding hydrogens is 246 g/mol. The lowest BCUT2D eigenvalue weighted by atomic mass is 10.0. The van der Waals surface area contributed by atoms with Crippen molar-refractivity contribution in [3.8, 4) is 11.5 Å². The zero-order chi connectivity index (χ0) is 12.7. The second-order valence-electron chi connectivity index (χ2n) is 4.34. The highest BCUT2D eigenvalue weighted by Gasteiger charge is 2.19. The molecule has 18 heavy (non-hydrogen) atoms. The van der Waals surface area contributed by atoms with Crippen molar-refractivity contribution >= 4 is 22.7 Å². The molecule has 0 aliphatic carbocycles. The molecule has 0 atom stereocenters.